The summed E-state index contributed by atoms with van der Waals surface area (Å²) in [6, 6.07) is 11.9. The molecule has 0 aromatic heterocycles. The van der Waals surface area contributed by atoms with Crippen LogP contribution in [0.15, 0.2) is 42.5 Å². The molecule has 9 heteroatoms. The normalized spacial score (nSPS) is 22.3. The van der Waals surface area contributed by atoms with Crippen molar-refractivity contribution in [1.29, 1.82) is 0 Å². The van der Waals surface area contributed by atoms with E-state index in [9.17, 15) is 14.4 Å². The van der Waals surface area contributed by atoms with Crippen LogP contribution >= 0.6 is 0 Å². The van der Waals surface area contributed by atoms with Gasteiger partial charge in [0, 0.05) is 31.6 Å². The standard InChI is InChI=1S/C26H29N3O6/c1-16(30)29-12-23-24(13-29)35-20-6-4-17(5-7-20)11-27-25(31)15-34-22-9-19(26(32)28-23)8-21(10-22)33-14-18-2-3-18/h4-10,18,23-24H,2-3,11-15H2,1H3,(H,27,31)(H,28,32)/t23-,24-/m0/s1. The van der Waals surface area contributed by atoms with Crippen molar-refractivity contribution in [3.63, 3.8) is 0 Å². The van der Waals surface area contributed by atoms with Crippen molar-refractivity contribution in [1.82, 2.24) is 15.5 Å². The van der Waals surface area contributed by atoms with E-state index in [0.29, 0.717) is 55.0 Å². The van der Waals surface area contributed by atoms with Crippen molar-refractivity contribution in [3.8, 4) is 17.2 Å². The first kappa shape index (κ1) is 23.0. The second kappa shape index (κ2) is 9.85. The third-order valence-corrected chi connectivity index (χ3v) is 6.42. The molecule has 3 heterocycles. The van der Waals surface area contributed by atoms with Gasteiger partial charge in [0.15, 0.2) is 6.61 Å². The van der Waals surface area contributed by atoms with Crippen molar-refractivity contribution in [2.75, 3.05) is 26.3 Å². The maximum absolute atomic E-state index is 13.3. The molecule has 6 rings (SSSR count). The summed E-state index contributed by atoms with van der Waals surface area (Å²) in [7, 11) is 0. The molecule has 9 nitrogen and oxygen atoms in total. The van der Waals surface area contributed by atoms with Gasteiger partial charge in [-0.3, -0.25) is 14.4 Å². The van der Waals surface area contributed by atoms with Crippen molar-refractivity contribution in [2.24, 2.45) is 5.92 Å². The molecule has 3 amide bonds. The summed E-state index contributed by atoms with van der Waals surface area (Å²) in [5, 5.41) is 5.85. The van der Waals surface area contributed by atoms with Crippen molar-refractivity contribution in [2.45, 2.75) is 38.5 Å². The van der Waals surface area contributed by atoms with Gasteiger partial charge in [-0.05, 0) is 48.6 Å². The molecule has 2 fully saturated rings. The topological polar surface area (TPSA) is 106 Å². The fourth-order valence-electron chi connectivity index (χ4n) is 4.17. The van der Waals surface area contributed by atoms with Crippen LogP contribution in [-0.2, 0) is 16.1 Å². The Morgan fingerprint density at radius 3 is 2.63 bits per heavy atom. The molecule has 3 aliphatic heterocycles. The number of hydrogen-bond acceptors (Lipinski definition) is 6. The molecular weight excluding hydrogens is 450 g/mol. The van der Waals surface area contributed by atoms with Crippen LogP contribution in [0.4, 0.5) is 0 Å². The molecule has 35 heavy (non-hydrogen) atoms. The molecule has 2 N–H and O–H groups in total. The summed E-state index contributed by atoms with van der Waals surface area (Å²) in [6.45, 7) is 2.97. The number of benzene rings is 2. The highest BCUT2D eigenvalue weighted by Gasteiger charge is 2.37. The van der Waals surface area contributed by atoms with Crippen molar-refractivity contribution < 1.29 is 28.6 Å². The largest absolute Gasteiger partial charge is 0.493 e. The number of likely N-dealkylation sites (tertiary alicyclic amines) is 1. The molecule has 2 aromatic carbocycles. The molecular formula is C26H29N3O6. The van der Waals surface area contributed by atoms with Gasteiger partial charge in [-0.25, -0.2) is 0 Å². The van der Waals surface area contributed by atoms with E-state index in [1.54, 1.807) is 23.1 Å². The van der Waals surface area contributed by atoms with E-state index in [4.69, 9.17) is 14.2 Å². The fourth-order valence-corrected chi connectivity index (χ4v) is 4.17. The van der Waals surface area contributed by atoms with Crippen LogP contribution in [0.2, 0.25) is 0 Å². The summed E-state index contributed by atoms with van der Waals surface area (Å²) in [5.41, 5.74) is 1.26. The van der Waals surface area contributed by atoms with Crippen LogP contribution in [0.1, 0.15) is 35.7 Å². The number of fused-ring (bicyclic) bond motifs is 7. The van der Waals surface area contributed by atoms with Gasteiger partial charge in [0.1, 0.15) is 23.4 Å². The van der Waals surface area contributed by atoms with Gasteiger partial charge >= 0.3 is 0 Å². The predicted molar refractivity (Wildman–Crippen MR) is 126 cm³/mol. The van der Waals surface area contributed by atoms with E-state index in [0.717, 1.165) is 18.4 Å². The minimum absolute atomic E-state index is 0.0743. The first-order valence-corrected chi connectivity index (χ1v) is 11.9. The molecule has 2 atom stereocenters. The van der Waals surface area contributed by atoms with Crippen LogP contribution in [0, 0.1) is 5.92 Å². The van der Waals surface area contributed by atoms with Crippen molar-refractivity contribution in [3.05, 3.63) is 53.6 Å². The zero-order valence-electron chi connectivity index (χ0n) is 19.6. The van der Waals surface area contributed by atoms with E-state index in [1.165, 1.54) is 6.92 Å². The number of amides is 3. The van der Waals surface area contributed by atoms with E-state index in [-0.39, 0.29) is 24.3 Å². The highest BCUT2D eigenvalue weighted by atomic mass is 16.5. The predicted octanol–water partition coefficient (Wildman–Crippen LogP) is 1.89. The van der Waals surface area contributed by atoms with Gasteiger partial charge in [0.2, 0.25) is 5.91 Å². The zero-order valence-corrected chi connectivity index (χ0v) is 19.6. The highest BCUT2D eigenvalue weighted by molar-refractivity contribution is 5.95. The van der Waals surface area contributed by atoms with Crippen molar-refractivity contribution >= 4 is 17.7 Å². The summed E-state index contributed by atoms with van der Waals surface area (Å²) < 4.78 is 17.8. The molecule has 1 aliphatic carbocycles. The Labute approximate surface area is 203 Å². The highest BCUT2D eigenvalue weighted by Crippen LogP contribution is 2.31. The second-order valence-corrected chi connectivity index (χ2v) is 9.32. The molecule has 2 aromatic rings. The number of nitrogens with one attached hydrogen (secondary N) is 2. The summed E-state index contributed by atoms with van der Waals surface area (Å²) in [4.78, 5) is 39.3. The Balaban J connectivity index is 1.43. The zero-order chi connectivity index (χ0) is 24.4. The summed E-state index contributed by atoms with van der Waals surface area (Å²) in [6.07, 6.45) is 1.87. The minimum Gasteiger partial charge on any atom is -0.493 e. The Hall–Kier alpha value is -3.75. The first-order chi connectivity index (χ1) is 16.9. The lowest BCUT2D eigenvalue weighted by molar-refractivity contribution is -0.128. The third-order valence-electron chi connectivity index (χ3n) is 6.42. The Morgan fingerprint density at radius 1 is 1.09 bits per heavy atom. The lowest BCUT2D eigenvalue weighted by Crippen LogP contribution is -2.45. The van der Waals surface area contributed by atoms with Gasteiger partial charge < -0.3 is 29.7 Å². The number of carbonyl (C=O) groups excluding carboxylic acids is 3. The maximum atomic E-state index is 13.3. The van der Waals surface area contributed by atoms with Gasteiger partial charge in [-0.2, -0.15) is 0 Å². The number of hydrogen-bond donors (Lipinski definition) is 2. The molecule has 1 saturated carbocycles. The van der Waals surface area contributed by atoms with Gasteiger partial charge in [-0.15, -0.1) is 0 Å². The first-order valence-electron chi connectivity index (χ1n) is 11.9. The fraction of sp³-hybridized carbons (Fsp3) is 0.423. The number of rotatable bonds is 3. The minimum atomic E-state index is -0.408. The number of nitrogens with zero attached hydrogens (tertiary/aromatic N) is 1. The second-order valence-electron chi connectivity index (χ2n) is 9.32. The summed E-state index contributed by atoms with van der Waals surface area (Å²) >= 11 is 0. The average molecular weight is 480 g/mol. The van der Waals surface area contributed by atoms with Crippen LogP contribution in [-0.4, -0.2) is 61.1 Å². The molecule has 4 bridgehead atoms. The molecule has 0 radical (unpaired) electrons. The Morgan fingerprint density at radius 2 is 1.89 bits per heavy atom. The van der Waals surface area contributed by atoms with Gasteiger partial charge in [0.05, 0.1) is 19.2 Å². The molecule has 4 aliphatic rings. The molecule has 184 valence electrons. The monoisotopic (exact) mass is 479 g/mol. The molecule has 0 spiro atoms. The lowest BCUT2D eigenvalue weighted by Gasteiger charge is -2.21. The van der Waals surface area contributed by atoms with Crippen LogP contribution < -0.4 is 24.8 Å². The van der Waals surface area contributed by atoms with Gasteiger partial charge in [-0.1, -0.05) is 12.1 Å². The Kier molecular flexibility index (Phi) is 6.48. The van der Waals surface area contributed by atoms with Crippen LogP contribution in [0.25, 0.3) is 0 Å². The van der Waals surface area contributed by atoms with Crippen LogP contribution in [0.5, 0.6) is 17.2 Å². The third kappa shape index (κ3) is 5.85. The molecule has 1 saturated heterocycles. The Bertz CT molecular complexity index is 1110. The average Bonchev–Trinajstić information content (AvgIpc) is 3.60. The molecule has 0 unspecified atom stereocenters. The van der Waals surface area contributed by atoms with Gasteiger partial charge in [0.25, 0.3) is 11.8 Å². The lowest BCUT2D eigenvalue weighted by atomic mass is 10.1. The van der Waals surface area contributed by atoms with E-state index in [2.05, 4.69) is 10.6 Å². The quantitative estimate of drug-likeness (QED) is 0.697. The summed E-state index contributed by atoms with van der Waals surface area (Å²) in [5.74, 6) is 1.37. The maximum Gasteiger partial charge on any atom is 0.258 e. The van der Waals surface area contributed by atoms with E-state index < -0.39 is 12.1 Å². The smallest absolute Gasteiger partial charge is 0.258 e. The van der Waals surface area contributed by atoms with E-state index in [1.807, 2.05) is 24.3 Å². The van der Waals surface area contributed by atoms with E-state index >= 15 is 0 Å². The SMILES string of the molecule is CC(=O)N1C[C@@H]2NC(=O)c3cc(cc(OCC4CC4)c3)OCC(=O)NCc3ccc(cc3)O[C@H]2C1. The number of ether oxygens (including phenoxy) is 3. The van der Waals surface area contributed by atoms with Crippen LogP contribution in [0.3, 0.4) is 0 Å². The number of carbonyl (C=O) groups is 3.